The number of halogens is 3. The van der Waals surface area contributed by atoms with Gasteiger partial charge in [0.1, 0.15) is 5.75 Å². The molecule has 0 spiro atoms. The number of pyridine rings is 1. The second-order valence-electron chi connectivity index (χ2n) is 4.45. The van der Waals surface area contributed by atoms with E-state index in [9.17, 15) is 10.2 Å². The van der Waals surface area contributed by atoms with Crippen molar-refractivity contribution in [3.05, 3.63) is 50.2 Å². The summed E-state index contributed by atoms with van der Waals surface area (Å²) >= 11 is 18.0. The van der Waals surface area contributed by atoms with Crippen molar-refractivity contribution in [2.24, 2.45) is 0 Å². The quantitative estimate of drug-likeness (QED) is 0.777. The summed E-state index contributed by atoms with van der Waals surface area (Å²) in [4.78, 5) is 4.00. The Morgan fingerprint density at radius 3 is 2.38 bits per heavy atom. The van der Waals surface area contributed by atoms with E-state index in [1.54, 1.807) is 19.1 Å². The van der Waals surface area contributed by atoms with Crippen molar-refractivity contribution in [2.75, 3.05) is 5.32 Å². The third-order valence-corrected chi connectivity index (χ3v) is 3.86. The average Bonchev–Trinajstić information content (AvgIpc) is 2.42. The van der Waals surface area contributed by atoms with Crippen LogP contribution in [0, 0.1) is 6.92 Å². The maximum absolute atomic E-state index is 10.1. The van der Waals surface area contributed by atoms with Gasteiger partial charge in [0.15, 0.2) is 0 Å². The van der Waals surface area contributed by atoms with Gasteiger partial charge in [0.2, 0.25) is 0 Å². The van der Waals surface area contributed by atoms with E-state index in [2.05, 4.69) is 10.3 Å². The molecule has 0 amide bonds. The number of nitrogens with one attached hydrogen (secondary N) is 1. The van der Waals surface area contributed by atoms with Crippen LogP contribution in [0.3, 0.4) is 0 Å². The van der Waals surface area contributed by atoms with Gasteiger partial charge in [0.05, 0.1) is 28.0 Å². The molecule has 0 aliphatic carbocycles. The van der Waals surface area contributed by atoms with Crippen molar-refractivity contribution in [1.82, 2.24) is 4.98 Å². The van der Waals surface area contributed by atoms with E-state index in [1.807, 2.05) is 0 Å². The Bertz CT molecular complexity index is 655. The minimum atomic E-state index is -0.222. The number of aliphatic hydroxyl groups is 1. The number of anilines is 1. The van der Waals surface area contributed by atoms with E-state index in [4.69, 9.17) is 34.8 Å². The first-order chi connectivity index (χ1) is 9.93. The van der Waals surface area contributed by atoms with Crippen LogP contribution in [0.15, 0.2) is 18.3 Å². The summed E-state index contributed by atoms with van der Waals surface area (Å²) in [6.07, 6.45) is 1.52. The van der Waals surface area contributed by atoms with Gasteiger partial charge in [-0.15, -0.1) is 0 Å². The van der Waals surface area contributed by atoms with Gasteiger partial charge >= 0.3 is 0 Å². The van der Waals surface area contributed by atoms with Crippen LogP contribution in [0.2, 0.25) is 15.1 Å². The molecular formula is C14H13Cl3N2O2. The molecule has 1 aromatic carbocycles. The molecule has 0 aliphatic heterocycles. The summed E-state index contributed by atoms with van der Waals surface area (Å²) in [6, 6.07) is 3.14. The minimum absolute atomic E-state index is 0.0373. The van der Waals surface area contributed by atoms with Gasteiger partial charge in [-0.2, -0.15) is 0 Å². The topological polar surface area (TPSA) is 65.4 Å². The summed E-state index contributed by atoms with van der Waals surface area (Å²) in [6.45, 7) is 1.70. The lowest BCUT2D eigenvalue weighted by Crippen LogP contribution is -2.06. The van der Waals surface area contributed by atoms with E-state index in [0.717, 1.165) is 0 Å². The lowest BCUT2D eigenvalue weighted by Gasteiger charge is -2.15. The first-order valence-electron chi connectivity index (χ1n) is 6.09. The highest BCUT2D eigenvalue weighted by atomic mass is 35.5. The largest absolute Gasteiger partial charge is 0.506 e. The SMILES string of the molecule is Cc1ncc(CO)c(CNc2c(Cl)cc(Cl)cc2Cl)c1O. The number of hydrogen-bond acceptors (Lipinski definition) is 4. The van der Waals surface area contributed by atoms with Gasteiger partial charge in [-0.3, -0.25) is 4.98 Å². The maximum atomic E-state index is 10.1. The van der Waals surface area contributed by atoms with Crippen LogP contribution in [0.25, 0.3) is 0 Å². The van der Waals surface area contributed by atoms with Gasteiger partial charge < -0.3 is 15.5 Å². The predicted molar refractivity (Wildman–Crippen MR) is 85.4 cm³/mol. The number of rotatable bonds is 4. The molecule has 1 heterocycles. The maximum Gasteiger partial charge on any atom is 0.142 e. The second-order valence-corrected chi connectivity index (χ2v) is 5.70. The molecular weight excluding hydrogens is 335 g/mol. The molecule has 0 bridgehead atoms. The van der Waals surface area contributed by atoms with Crippen molar-refractivity contribution in [2.45, 2.75) is 20.1 Å². The Labute approximate surface area is 137 Å². The van der Waals surface area contributed by atoms with E-state index < -0.39 is 0 Å². The Kier molecular flexibility index (Phi) is 5.17. The monoisotopic (exact) mass is 346 g/mol. The molecule has 0 atom stereocenters. The fourth-order valence-electron chi connectivity index (χ4n) is 1.91. The molecule has 2 aromatic rings. The van der Waals surface area contributed by atoms with Crippen LogP contribution >= 0.6 is 34.8 Å². The number of aromatic nitrogens is 1. The van der Waals surface area contributed by atoms with Crippen LogP contribution in [-0.4, -0.2) is 15.2 Å². The van der Waals surface area contributed by atoms with Crippen molar-refractivity contribution in [1.29, 1.82) is 0 Å². The van der Waals surface area contributed by atoms with E-state index in [-0.39, 0.29) is 18.9 Å². The third kappa shape index (κ3) is 3.52. The summed E-state index contributed by atoms with van der Waals surface area (Å²) in [5.41, 5.74) is 2.08. The van der Waals surface area contributed by atoms with Gasteiger partial charge in [-0.25, -0.2) is 0 Å². The van der Waals surface area contributed by atoms with Gasteiger partial charge in [-0.05, 0) is 19.1 Å². The fraction of sp³-hybridized carbons (Fsp3) is 0.214. The van der Waals surface area contributed by atoms with E-state index in [0.29, 0.717) is 37.6 Å². The minimum Gasteiger partial charge on any atom is -0.506 e. The van der Waals surface area contributed by atoms with Crippen molar-refractivity contribution < 1.29 is 10.2 Å². The Morgan fingerprint density at radius 1 is 1.19 bits per heavy atom. The van der Waals surface area contributed by atoms with Crippen LogP contribution in [0.1, 0.15) is 16.8 Å². The third-order valence-electron chi connectivity index (χ3n) is 3.05. The number of nitrogens with zero attached hydrogens (tertiary/aromatic N) is 1. The number of hydrogen-bond donors (Lipinski definition) is 3. The Balaban J connectivity index is 2.31. The van der Waals surface area contributed by atoms with Gasteiger partial charge in [0.25, 0.3) is 0 Å². The normalized spacial score (nSPS) is 10.7. The highest BCUT2D eigenvalue weighted by Crippen LogP contribution is 2.34. The molecule has 4 nitrogen and oxygen atoms in total. The summed E-state index contributed by atoms with van der Waals surface area (Å²) in [7, 11) is 0. The van der Waals surface area contributed by atoms with Crippen LogP contribution in [-0.2, 0) is 13.2 Å². The zero-order valence-electron chi connectivity index (χ0n) is 11.1. The van der Waals surface area contributed by atoms with Gasteiger partial charge in [-0.1, -0.05) is 34.8 Å². The zero-order chi connectivity index (χ0) is 15.6. The molecule has 0 fully saturated rings. The second kappa shape index (κ2) is 6.71. The molecule has 0 saturated heterocycles. The van der Waals surface area contributed by atoms with E-state index >= 15 is 0 Å². The average molecular weight is 348 g/mol. The molecule has 0 aliphatic rings. The smallest absolute Gasteiger partial charge is 0.142 e. The van der Waals surface area contributed by atoms with Crippen LogP contribution < -0.4 is 5.32 Å². The molecule has 0 unspecified atom stereocenters. The molecule has 0 radical (unpaired) electrons. The number of aryl methyl sites for hydroxylation is 1. The van der Waals surface area contributed by atoms with Crippen molar-refractivity contribution in [3.8, 4) is 5.75 Å². The van der Waals surface area contributed by atoms with Crippen LogP contribution in [0.4, 0.5) is 5.69 Å². The zero-order valence-corrected chi connectivity index (χ0v) is 13.4. The molecule has 7 heteroatoms. The first-order valence-corrected chi connectivity index (χ1v) is 7.23. The summed E-state index contributed by atoms with van der Waals surface area (Å²) < 4.78 is 0. The number of benzene rings is 1. The Hall–Kier alpha value is -1.20. The molecule has 1 aromatic heterocycles. The fourth-order valence-corrected chi connectivity index (χ4v) is 2.86. The molecule has 0 saturated carbocycles. The van der Waals surface area contributed by atoms with E-state index in [1.165, 1.54) is 6.20 Å². The van der Waals surface area contributed by atoms with Crippen LogP contribution in [0.5, 0.6) is 5.75 Å². The molecule has 112 valence electrons. The molecule has 2 rings (SSSR count). The number of aromatic hydroxyl groups is 1. The first kappa shape index (κ1) is 16.2. The highest BCUT2D eigenvalue weighted by Gasteiger charge is 2.13. The molecule has 3 N–H and O–H groups in total. The van der Waals surface area contributed by atoms with Gasteiger partial charge in [0, 0.05) is 28.9 Å². The summed E-state index contributed by atoms with van der Waals surface area (Å²) in [5.74, 6) is 0.0373. The molecule has 21 heavy (non-hydrogen) atoms. The highest BCUT2D eigenvalue weighted by molar-refractivity contribution is 6.41. The van der Waals surface area contributed by atoms with Crippen molar-refractivity contribution in [3.63, 3.8) is 0 Å². The number of aliphatic hydroxyl groups excluding tert-OH is 1. The standard InChI is InChI=1S/C14H13Cl3N2O2/c1-7-14(21)10(8(6-20)4-18-7)5-19-13-11(16)2-9(15)3-12(13)17/h2-4,19-21H,5-6H2,1H3. The Morgan fingerprint density at radius 2 is 1.81 bits per heavy atom. The predicted octanol–water partition coefficient (Wildman–Crippen LogP) is 4.16. The summed E-state index contributed by atoms with van der Waals surface area (Å²) in [5, 5.41) is 23.6. The van der Waals surface area contributed by atoms with Crippen molar-refractivity contribution >= 4 is 40.5 Å². The lowest BCUT2D eigenvalue weighted by atomic mass is 10.1. The lowest BCUT2D eigenvalue weighted by molar-refractivity contribution is 0.279.